The molecule has 0 saturated heterocycles. The van der Waals surface area contributed by atoms with Crippen LogP contribution in [0.4, 0.5) is 5.69 Å². The van der Waals surface area contributed by atoms with Crippen LogP contribution in [-0.4, -0.2) is 9.38 Å². The second-order valence-electron chi connectivity index (χ2n) is 5.58. The molecule has 0 aliphatic rings. The largest absolute Gasteiger partial charge is 0.399 e. The highest BCUT2D eigenvalue weighted by molar-refractivity contribution is 5.86. The third-order valence-electron chi connectivity index (χ3n) is 4.09. The number of hydrogen-bond donors (Lipinski definition) is 1. The molecule has 0 aliphatic carbocycles. The Bertz CT molecular complexity index is 1080. The summed E-state index contributed by atoms with van der Waals surface area (Å²) in [4.78, 5) is 4.67. The van der Waals surface area contributed by atoms with Crippen LogP contribution in [0.1, 0.15) is 11.1 Å². The number of aromatic nitrogens is 2. The van der Waals surface area contributed by atoms with Gasteiger partial charge in [0.25, 0.3) is 0 Å². The van der Waals surface area contributed by atoms with Gasteiger partial charge in [-0.05, 0) is 48.4 Å². The summed E-state index contributed by atoms with van der Waals surface area (Å²) in [6.45, 7) is 1.94. The lowest BCUT2D eigenvalue weighted by Crippen LogP contribution is -1.98. The minimum atomic E-state index is 0.611. The Labute approximate surface area is 133 Å². The average molecular weight is 298 g/mol. The van der Waals surface area contributed by atoms with Crippen molar-refractivity contribution in [1.82, 2.24) is 9.38 Å². The number of fused-ring (bicyclic) bond motifs is 3. The molecular weight excluding hydrogens is 284 g/mol. The molecule has 0 amide bonds. The molecular formula is C19H14N4. The molecule has 0 aliphatic heterocycles. The summed E-state index contributed by atoms with van der Waals surface area (Å²) in [5.74, 6) is 0. The van der Waals surface area contributed by atoms with Gasteiger partial charge in [-0.25, -0.2) is 4.98 Å². The number of aryl methyl sites for hydroxylation is 1. The standard InChI is InChI=1S/C19H14N4/c1-12-10-18(13-6-8-14(21)9-7-13)23-17-5-3-2-4-16(17)22-19(23)15(12)11-20/h2-10H,21H2,1H3. The molecule has 0 radical (unpaired) electrons. The van der Waals surface area contributed by atoms with Crippen molar-refractivity contribution in [3.63, 3.8) is 0 Å². The van der Waals surface area contributed by atoms with E-state index in [1.54, 1.807) is 0 Å². The van der Waals surface area contributed by atoms with Gasteiger partial charge in [0.2, 0.25) is 0 Å². The molecule has 2 heterocycles. The first-order chi connectivity index (χ1) is 11.2. The van der Waals surface area contributed by atoms with E-state index in [1.165, 1.54) is 0 Å². The Morgan fingerprint density at radius 2 is 1.83 bits per heavy atom. The van der Waals surface area contributed by atoms with E-state index in [2.05, 4.69) is 11.1 Å². The third-order valence-corrected chi connectivity index (χ3v) is 4.09. The van der Waals surface area contributed by atoms with E-state index in [1.807, 2.05) is 65.9 Å². The van der Waals surface area contributed by atoms with Gasteiger partial charge in [-0.3, -0.25) is 4.40 Å². The summed E-state index contributed by atoms with van der Waals surface area (Å²) >= 11 is 0. The number of imidazole rings is 1. The Hall–Kier alpha value is -3.32. The third kappa shape index (κ3) is 1.95. The maximum absolute atomic E-state index is 9.52. The number of nitrogen functional groups attached to an aromatic ring is 1. The summed E-state index contributed by atoms with van der Waals surface area (Å²) in [6, 6.07) is 20.0. The summed E-state index contributed by atoms with van der Waals surface area (Å²) < 4.78 is 2.05. The number of rotatable bonds is 1. The van der Waals surface area contributed by atoms with Gasteiger partial charge in [0.05, 0.1) is 22.3 Å². The Morgan fingerprint density at radius 3 is 2.57 bits per heavy atom. The Balaban J connectivity index is 2.20. The lowest BCUT2D eigenvalue weighted by molar-refractivity contribution is 1.19. The predicted octanol–water partition coefficient (Wildman–Crippen LogP) is 3.92. The minimum absolute atomic E-state index is 0.611. The van der Waals surface area contributed by atoms with E-state index in [4.69, 9.17) is 5.73 Å². The molecule has 2 aromatic carbocycles. The fourth-order valence-corrected chi connectivity index (χ4v) is 2.96. The fourth-order valence-electron chi connectivity index (χ4n) is 2.96. The number of para-hydroxylation sites is 2. The number of benzene rings is 2. The monoisotopic (exact) mass is 298 g/mol. The highest BCUT2D eigenvalue weighted by Crippen LogP contribution is 2.30. The van der Waals surface area contributed by atoms with Crippen molar-refractivity contribution in [2.24, 2.45) is 0 Å². The molecule has 4 nitrogen and oxygen atoms in total. The second-order valence-corrected chi connectivity index (χ2v) is 5.58. The topological polar surface area (TPSA) is 67.1 Å². The lowest BCUT2D eigenvalue weighted by atomic mass is 10.1. The second kappa shape index (κ2) is 4.85. The summed E-state index contributed by atoms with van der Waals surface area (Å²) in [5, 5.41) is 9.52. The minimum Gasteiger partial charge on any atom is -0.399 e. The first-order valence-electron chi connectivity index (χ1n) is 7.36. The molecule has 0 unspecified atom stereocenters. The van der Waals surface area contributed by atoms with Gasteiger partial charge in [0.15, 0.2) is 5.65 Å². The van der Waals surface area contributed by atoms with Gasteiger partial charge < -0.3 is 5.73 Å². The zero-order chi connectivity index (χ0) is 16.0. The molecule has 2 N–H and O–H groups in total. The molecule has 110 valence electrons. The molecule has 0 saturated carbocycles. The van der Waals surface area contributed by atoms with Crippen LogP contribution >= 0.6 is 0 Å². The number of nitrogens with two attached hydrogens (primary N) is 1. The predicted molar refractivity (Wildman–Crippen MR) is 92.0 cm³/mol. The number of nitriles is 1. The molecule has 0 fully saturated rings. The van der Waals surface area contributed by atoms with Crippen molar-refractivity contribution in [3.05, 3.63) is 65.7 Å². The van der Waals surface area contributed by atoms with Gasteiger partial charge in [0.1, 0.15) is 6.07 Å². The van der Waals surface area contributed by atoms with E-state index in [9.17, 15) is 5.26 Å². The van der Waals surface area contributed by atoms with Gasteiger partial charge in [-0.1, -0.05) is 24.3 Å². The normalized spacial score (nSPS) is 11.0. The average Bonchev–Trinajstić information content (AvgIpc) is 2.94. The zero-order valence-electron chi connectivity index (χ0n) is 12.6. The molecule has 0 spiro atoms. The van der Waals surface area contributed by atoms with Crippen LogP contribution in [0, 0.1) is 18.3 Å². The van der Waals surface area contributed by atoms with Gasteiger partial charge in [-0.2, -0.15) is 5.26 Å². The van der Waals surface area contributed by atoms with E-state index >= 15 is 0 Å². The van der Waals surface area contributed by atoms with Crippen molar-refractivity contribution in [2.45, 2.75) is 6.92 Å². The molecule has 0 atom stereocenters. The first-order valence-corrected chi connectivity index (χ1v) is 7.36. The number of pyridine rings is 1. The quantitative estimate of drug-likeness (QED) is 0.542. The van der Waals surface area contributed by atoms with Crippen molar-refractivity contribution in [2.75, 3.05) is 5.73 Å². The van der Waals surface area contributed by atoms with Crippen LogP contribution in [0.2, 0.25) is 0 Å². The van der Waals surface area contributed by atoms with E-state index in [0.717, 1.165) is 33.5 Å². The summed E-state index contributed by atoms with van der Waals surface area (Å²) in [6.07, 6.45) is 0. The van der Waals surface area contributed by atoms with Crippen molar-refractivity contribution < 1.29 is 0 Å². The molecule has 23 heavy (non-hydrogen) atoms. The van der Waals surface area contributed by atoms with Gasteiger partial charge >= 0.3 is 0 Å². The summed E-state index contributed by atoms with van der Waals surface area (Å²) in [5.41, 5.74) is 12.7. The molecule has 4 aromatic rings. The van der Waals surface area contributed by atoms with Gasteiger partial charge in [-0.15, -0.1) is 0 Å². The molecule has 2 aromatic heterocycles. The van der Waals surface area contributed by atoms with Crippen molar-refractivity contribution in [1.29, 1.82) is 5.26 Å². The van der Waals surface area contributed by atoms with Crippen molar-refractivity contribution >= 4 is 22.4 Å². The van der Waals surface area contributed by atoms with E-state index < -0.39 is 0 Å². The Kier molecular flexibility index (Phi) is 2.82. The number of nitrogens with zero attached hydrogens (tertiary/aromatic N) is 3. The molecule has 4 heteroatoms. The van der Waals surface area contributed by atoms with Crippen LogP contribution in [-0.2, 0) is 0 Å². The van der Waals surface area contributed by atoms with Crippen LogP contribution in [0.3, 0.4) is 0 Å². The van der Waals surface area contributed by atoms with Crippen LogP contribution < -0.4 is 5.73 Å². The van der Waals surface area contributed by atoms with Crippen molar-refractivity contribution in [3.8, 4) is 17.3 Å². The highest BCUT2D eigenvalue weighted by atomic mass is 15.0. The summed E-state index contributed by atoms with van der Waals surface area (Å²) in [7, 11) is 0. The molecule has 0 bridgehead atoms. The van der Waals surface area contributed by atoms with Crippen LogP contribution in [0.25, 0.3) is 27.9 Å². The molecule has 4 rings (SSSR count). The number of anilines is 1. The van der Waals surface area contributed by atoms with Crippen LogP contribution in [0.5, 0.6) is 0 Å². The highest BCUT2D eigenvalue weighted by Gasteiger charge is 2.15. The zero-order valence-corrected chi connectivity index (χ0v) is 12.6. The Morgan fingerprint density at radius 1 is 1.09 bits per heavy atom. The maximum Gasteiger partial charge on any atom is 0.156 e. The fraction of sp³-hybridized carbons (Fsp3) is 0.0526. The van der Waals surface area contributed by atoms with E-state index in [0.29, 0.717) is 11.2 Å². The maximum atomic E-state index is 9.52. The van der Waals surface area contributed by atoms with Crippen LogP contribution in [0.15, 0.2) is 54.6 Å². The smallest absolute Gasteiger partial charge is 0.156 e. The number of hydrogen-bond acceptors (Lipinski definition) is 3. The lowest BCUT2D eigenvalue weighted by Gasteiger charge is -2.10. The first kappa shape index (κ1) is 13.4. The van der Waals surface area contributed by atoms with Gasteiger partial charge in [0, 0.05) is 5.69 Å². The van der Waals surface area contributed by atoms with E-state index in [-0.39, 0.29) is 0 Å². The SMILES string of the molecule is Cc1cc(-c2ccc(N)cc2)n2c(nc3ccccc32)c1C#N.